The van der Waals surface area contributed by atoms with Crippen LogP contribution < -0.4 is 10.6 Å². The van der Waals surface area contributed by atoms with Gasteiger partial charge in [0.05, 0.1) is 0 Å². The maximum atomic E-state index is 5.29. The molecular formula is C12H24N2S. The second kappa shape index (κ2) is 5.15. The zero-order valence-electron chi connectivity index (χ0n) is 10.4. The molecular weight excluding hydrogens is 204 g/mol. The van der Waals surface area contributed by atoms with Gasteiger partial charge in [-0.3, -0.25) is 0 Å². The summed E-state index contributed by atoms with van der Waals surface area (Å²) in [5.74, 6) is 0.640. The van der Waals surface area contributed by atoms with E-state index in [-0.39, 0.29) is 0 Å². The Bertz CT molecular complexity index is 224. The molecule has 15 heavy (non-hydrogen) atoms. The SMILES string of the molecule is CC(C)CNC(=S)NC1CCCC1(C)C. The van der Waals surface area contributed by atoms with Gasteiger partial charge in [-0.1, -0.05) is 34.1 Å². The first-order valence-corrected chi connectivity index (χ1v) is 6.37. The Morgan fingerprint density at radius 2 is 2.13 bits per heavy atom. The van der Waals surface area contributed by atoms with Crippen molar-refractivity contribution in [2.45, 2.75) is 53.0 Å². The summed E-state index contributed by atoms with van der Waals surface area (Å²) in [6.45, 7) is 9.98. The summed E-state index contributed by atoms with van der Waals surface area (Å²) in [6, 6.07) is 0.546. The normalized spacial score (nSPS) is 24.2. The summed E-state index contributed by atoms with van der Waals surface area (Å²) in [4.78, 5) is 0. The Kier molecular flexibility index (Phi) is 4.38. The quantitative estimate of drug-likeness (QED) is 0.726. The molecule has 1 aliphatic carbocycles. The van der Waals surface area contributed by atoms with E-state index in [1.54, 1.807) is 0 Å². The Hall–Kier alpha value is -0.310. The van der Waals surface area contributed by atoms with Crippen LogP contribution in [0.5, 0.6) is 0 Å². The molecule has 2 nitrogen and oxygen atoms in total. The van der Waals surface area contributed by atoms with E-state index in [1.807, 2.05) is 0 Å². The zero-order chi connectivity index (χ0) is 11.5. The molecule has 0 aromatic heterocycles. The first kappa shape index (κ1) is 12.8. The molecule has 0 radical (unpaired) electrons. The monoisotopic (exact) mass is 228 g/mol. The van der Waals surface area contributed by atoms with Crippen molar-refractivity contribution >= 4 is 17.3 Å². The number of hydrogen-bond donors (Lipinski definition) is 2. The van der Waals surface area contributed by atoms with Crippen LogP contribution in [0, 0.1) is 11.3 Å². The molecule has 1 unspecified atom stereocenters. The van der Waals surface area contributed by atoms with Gasteiger partial charge in [-0.25, -0.2) is 0 Å². The molecule has 1 fully saturated rings. The number of nitrogens with one attached hydrogen (secondary N) is 2. The van der Waals surface area contributed by atoms with Gasteiger partial charge in [-0.15, -0.1) is 0 Å². The van der Waals surface area contributed by atoms with Gasteiger partial charge >= 0.3 is 0 Å². The molecule has 3 heteroatoms. The number of thiocarbonyl (C=S) groups is 1. The van der Waals surface area contributed by atoms with Gasteiger partial charge in [0.1, 0.15) is 0 Å². The average molecular weight is 228 g/mol. The topological polar surface area (TPSA) is 24.1 Å². The van der Waals surface area contributed by atoms with E-state index < -0.39 is 0 Å². The highest BCUT2D eigenvalue weighted by Gasteiger charge is 2.34. The van der Waals surface area contributed by atoms with Crippen molar-refractivity contribution in [3.8, 4) is 0 Å². The van der Waals surface area contributed by atoms with E-state index in [9.17, 15) is 0 Å². The van der Waals surface area contributed by atoms with E-state index in [4.69, 9.17) is 12.2 Å². The van der Waals surface area contributed by atoms with Gasteiger partial charge in [0.2, 0.25) is 0 Å². The van der Waals surface area contributed by atoms with Gasteiger partial charge < -0.3 is 10.6 Å². The van der Waals surface area contributed by atoms with Crippen LogP contribution in [0.3, 0.4) is 0 Å². The van der Waals surface area contributed by atoms with Crippen LogP contribution in [0.25, 0.3) is 0 Å². The first-order chi connectivity index (χ1) is 6.92. The number of hydrogen-bond acceptors (Lipinski definition) is 1. The summed E-state index contributed by atoms with van der Waals surface area (Å²) in [5.41, 5.74) is 0.392. The third-order valence-corrected chi connectivity index (χ3v) is 3.50. The minimum atomic E-state index is 0.392. The summed E-state index contributed by atoms with van der Waals surface area (Å²) in [5, 5.41) is 7.53. The summed E-state index contributed by atoms with van der Waals surface area (Å²) in [7, 11) is 0. The largest absolute Gasteiger partial charge is 0.362 e. The first-order valence-electron chi connectivity index (χ1n) is 5.96. The maximum Gasteiger partial charge on any atom is 0.166 e. The lowest BCUT2D eigenvalue weighted by molar-refractivity contribution is 0.310. The molecule has 0 bridgehead atoms. The standard InChI is InChI=1S/C12H24N2S/c1-9(2)8-13-11(15)14-10-6-5-7-12(10,3)4/h9-10H,5-8H2,1-4H3,(H2,13,14,15). The third-order valence-electron chi connectivity index (χ3n) is 3.23. The van der Waals surface area contributed by atoms with Gasteiger partial charge in [0.25, 0.3) is 0 Å². The highest BCUT2D eigenvalue weighted by atomic mass is 32.1. The molecule has 1 aliphatic rings. The van der Waals surface area contributed by atoms with E-state index in [1.165, 1.54) is 19.3 Å². The third kappa shape index (κ3) is 3.98. The molecule has 0 saturated heterocycles. The van der Waals surface area contributed by atoms with E-state index in [0.717, 1.165) is 11.7 Å². The fourth-order valence-electron chi connectivity index (χ4n) is 2.10. The predicted octanol–water partition coefficient (Wildman–Crippen LogP) is 2.69. The Labute approximate surface area is 99.2 Å². The highest BCUT2D eigenvalue weighted by molar-refractivity contribution is 7.80. The van der Waals surface area contributed by atoms with E-state index in [2.05, 4.69) is 38.3 Å². The van der Waals surface area contributed by atoms with Crippen molar-refractivity contribution in [3.63, 3.8) is 0 Å². The van der Waals surface area contributed by atoms with Crippen molar-refractivity contribution in [1.82, 2.24) is 10.6 Å². The minimum absolute atomic E-state index is 0.392. The van der Waals surface area contributed by atoms with Crippen LogP contribution in [0.4, 0.5) is 0 Å². The fraction of sp³-hybridized carbons (Fsp3) is 0.917. The van der Waals surface area contributed by atoms with Gasteiger partial charge in [0, 0.05) is 12.6 Å². The fourth-order valence-corrected chi connectivity index (χ4v) is 2.33. The molecule has 0 heterocycles. The van der Waals surface area contributed by atoms with Crippen LogP contribution in [0.15, 0.2) is 0 Å². The lowest BCUT2D eigenvalue weighted by atomic mass is 9.87. The van der Waals surface area contributed by atoms with Crippen LogP contribution in [-0.2, 0) is 0 Å². The van der Waals surface area contributed by atoms with E-state index >= 15 is 0 Å². The molecule has 0 spiro atoms. The molecule has 1 atom stereocenters. The van der Waals surface area contributed by atoms with E-state index in [0.29, 0.717) is 17.4 Å². The highest BCUT2D eigenvalue weighted by Crippen LogP contribution is 2.36. The molecule has 0 aromatic rings. The maximum absolute atomic E-state index is 5.29. The van der Waals surface area contributed by atoms with Gasteiger partial charge in [0.15, 0.2) is 5.11 Å². The molecule has 88 valence electrons. The molecule has 0 aromatic carbocycles. The average Bonchev–Trinajstić information content (AvgIpc) is 2.43. The zero-order valence-corrected chi connectivity index (χ0v) is 11.2. The van der Waals surface area contributed by atoms with Crippen LogP contribution in [0.2, 0.25) is 0 Å². The van der Waals surface area contributed by atoms with Crippen LogP contribution >= 0.6 is 12.2 Å². The molecule has 2 N–H and O–H groups in total. The predicted molar refractivity (Wildman–Crippen MR) is 70.0 cm³/mol. The van der Waals surface area contributed by atoms with Crippen LogP contribution in [0.1, 0.15) is 47.0 Å². The summed E-state index contributed by atoms with van der Waals surface area (Å²) in [6.07, 6.45) is 3.87. The summed E-state index contributed by atoms with van der Waals surface area (Å²) < 4.78 is 0. The Balaban J connectivity index is 2.32. The molecule has 0 amide bonds. The van der Waals surface area contributed by atoms with Crippen molar-refractivity contribution < 1.29 is 0 Å². The van der Waals surface area contributed by atoms with Crippen molar-refractivity contribution in [1.29, 1.82) is 0 Å². The van der Waals surface area contributed by atoms with Crippen molar-refractivity contribution in [3.05, 3.63) is 0 Å². The lowest BCUT2D eigenvalue weighted by Gasteiger charge is -2.29. The Morgan fingerprint density at radius 1 is 1.47 bits per heavy atom. The van der Waals surface area contributed by atoms with Crippen LogP contribution in [-0.4, -0.2) is 17.7 Å². The van der Waals surface area contributed by atoms with Crippen molar-refractivity contribution in [2.75, 3.05) is 6.54 Å². The van der Waals surface area contributed by atoms with Gasteiger partial charge in [-0.05, 0) is 36.4 Å². The molecule has 0 aliphatic heterocycles. The number of rotatable bonds is 3. The lowest BCUT2D eigenvalue weighted by Crippen LogP contribution is -2.46. The second-order valence-electron chi connectivity index (χ2n) is 5.68. The minimum Gasteiger partial charge on any atom is -0.362 e. The molecule has 1 rings (SSSR count). The molecule has 1 saturated carbocycles. The Morgan fingerprint density at radius 3 is 2.60 bits per heavy atom. The summed E-state index contributed by atoms with van der Waals surface area (Å²) >= 11 is 5.29. The van der Waals surface area contributed by atoms with Crippen molar-refractivity contribution in [2.24, 2.45) is 11.3 Å². The smallest absolute Gasteiger partial charge is 0.166 e. The second-order valence-corrected chi connectivity index (χ2v) is 6.09. The van der Waals surface area contributed by atoms with Gasteiger partial charge in [-0.2, -0.15) is 0 Å².